The van der Waals surface area contributed by atoms with Crippen LogP contribution in [0.1, 0.15) is 0 Å². The van der Waals surface area contributed by atoms with E-state index in [-0.39, 0.29) is 0 Å². The topological polar surface area (TPSA) is 91.7 Å². The van der Waals surface area contributed by atoms with Crippen LogP contribution in [0.3, 0.4) is 0 Å². The summed E-state index contributed by atoms with van der Waals surface area (Å²) in [5, 5.41) is 0. The lowest BCUT2D eigenvalue weighted by Gasteiger charge is -1.88. The maximum Gasteiger partial charge on any atom is 0.372 e. The zero-order chi connectivity index (χ0) is 7.00. The van der Waals surface area contributed by atoms with Crippen LogP contribution in [0.25, 0.3) is 0 Å². The Balaban J connectivity index is 5.18. The van der Waals surface area contributed by atoms with Gasteiger partial charge in [-0.25, -0.2) is 4.21 Å². The summed E-state index contributed by atoms with van der Waals surface area (Å²) in [4.78, 5) is 0. The molecule has 0 spiro atoms. The zero-order valence-corrected chi connectivity index (χ0v) is 5.79. The number of rotatable bonds is 1. The van der Waals surface area contributed by atoms with Gasteiger partial charge in [-0.1, -0.05) is 0 Å². The summed E-state index contributed by atoms with van der Waals surface area (Å²) < 4.78 is 44.5. The van der Waals surface area contributed by atoms with E-state index in [9.17, 15) is 12.6 Å². The Morgan fingerprint density at radius 2 is 1.25 bits per heavy atom. The van der Waals surface area contributed by atoms with Gasteiger partial charge < -0.3 is 0 Å². The molecule has 1 atom stereocenters. The Bertz CT molecular complexity index is 220. The van der Waals surface area contributed by atoms with Gasteiger partial charge in [0, 0.05) is 11.2 Å². The van der Waals surface area contributed by atoms with Crippen LogP contribution in [-0.4, -0.2) is 21.7 Å². The van der Waals surface area contributed by atoms with E-state index in [0.717, 1.165) is 0 Å². The van der Waals surface area contributed by atoms with Crippen molar-refractivity contribution in [3.8, 4) is 0 Å². The second-order valence-electron chi connectivity index (χ2n) is 0.855. The van der Waals surface area contributed by atoms with Gasteiger partial charge in [-0.2, -0.15) is 8.42 Å². The molecule has 0 saturated heterocycles. The second kappa shape index (κ2) is 1.88. The Hall–Kier alpha value is 0.240. The van der Waals surface area contributed by atoms with Crippen LogP contribution < -0.4 is 0 Å². The third-order valence-electron chi connectivity index (χ3n) is 0.266. The van der Waals surface area contributed by atoms with Crippen molar-refractivity contribution >= 4 is 28.1 Å². The molecule has 0 bridgehead atoms. The minimum absolute atomic E-state index is 3.47. The first-order valence-corrected chi connectivity index (χ1v) is 5.60. The molecule has 0 radical (unpaired) electrons. The van der Waals surface area contributed by atoms with Crippen LogP contribution in [0, 0.1) is 0 Å². The molecular formula is H2O5S3. The monoisotopic (exact) mass is 178 g/mol. The van der Waals surface area contributed by atoms with E-state index < -0.39 is 17.0 Å². The van der Waals surface area contributed by atoms with Gasteiger partial charge in [0.05, 0.1) is 0 Å². The average Bonchev–Trinajstić information content (AvgIpc) is 1.25. The molecule has 0 aliphatic carbocycles. The van der Waals surface area contributed by atoms with Crippen LogP contribution in [0.15, 0.2) is 0 Å². The van der Waals surface area contributed by atoms with Crippen LogP contribution in [-0.2, 0) is 28.1 Å². The fourth-order valence-electron chi connectivity index (χ4n) is 0. The van der Waals surface area contributed by atoms with Crippen LogP contribution in [0.2, 0.25) is 0 Å². The minimum Gasteiger partial charge on any atom is -0.292 e. The molecule has 8 heteroatoms. The van der Waals surface area contributed by atoms with E-state index in [2.05, 4.69) is 11.2 Å². The first kappa shape index (κ1) is 8.24. The molecule has 2 N–H and O–H groups in total. The Morgan fingerprint density at radius 3 is 1.25 bits per heavy atom. The van der Waals surface area contributed by atoms with Gasteiger partial charge in [-0.05, 0) is 0 Å². The standard InChI is InChI=1S/H2O5S3/c1-7(2,3)8(4,5)6/h(H,1,2,3)(H,4,5,6). The van der Waals surface area contributed by atoms with Crippen molar-refractivity contribution in [2.45, 2.75) is 0 Å². The van der Waals surface area contributed by atoms with E-state index in [0.29, 0.717) is 0 Å². The van der Waals surface area contributed by atoms with Crippen molar-refractivity contribution in [1.82, 2.24) is 0 Å². The van der Waals surface area contributed by atoms with E-state index in [4.69, 9.17) is 9.11 Å². The summed E-state index contributed by atoms with van der Waals surface area (Å²) in [7, 11) is -9.42. The molecule has 0 aliphatic rings. The third-order valence-corrected chi connectivity index (χ3v) is 3.94. The van der Waals surface area contributed by atoms with E-state index in [1.54, 1.807) is 0 Å². The van der Waals surface area contributed by atoms with E-state index in [1.807, 2.05) is 0 Å². The highest BCUT2D eigenvalue weighted by Gasteiger charge is 2.17. The van der Waals surface area contributed by atoms with Crippen LogP contribution in [0.5, 0.6) is 0 Å². The summed E-state index contributed by atoms with van der Waals surface area (Å²) >= 11 is 3.47. The highest BCUT2D eigenvalue weighted by molar-refractivity contribution is 8.77. The number of hydrogen-bond acceptors (Lipinski definition) is 4. The number of hydrogen-bond donors (Lipinski definition) is 2. The highest BCUT2D eigenvalue weighted by atomic mass is 33.4. The van der Waals surface area contributed by atoms with Gasteiger partial charge in [0.2, 0.25) is 0 Å². The molecule has 50 valence electrons. The minimum atomic E-state index is -4.94. The predicted molar refractivity (Wildman–Crippen MR) is 29.7 cm³/mol. The molecule has 0 heterocycles. The molecule has 0 fully saturated rings. The maximum absolute atomic E-state index is 9.74. The van der Waals surface area contributed by atoms with Gasteiger partial charge in [0.1, 0.15) is 0 Å². The van der Waals surface area contributed by atoms with Gasteiger partial charge in [-0.3, -0.25) is 9.11 Å². The lowest BCUT2D eigenvalue weighted by atomic mass is 15.9. The SMILES string of the molecule is O=S(=O)(O)S(=O)(O)=S. The first-order chi connectivity index (χ1) is 3.25. The van der Waals surface area contributed by atoms with Crippen LogP contribution >= 0.6 is 0 Å². The zero-order valence-electron chi connectivity index (χ0n) is 3.34. The molecule has 0 saturated carbocycles. The van der Waals surface area contributed by atoms with Crippen molar-refractivity contribution in [3.05, 3.63) is 0 Å². The molecule has 0 aliphatic heterocycles. The summed E-state index contributed by atoms with van der Waals surface area (Å²) in [5.41, 5.74) is 0. The molecule has 0 aromatic heterocycles. The molecule has 0 amide bonds. The second-order valence-corrected chi connectivity index (χ2v) is 7.17. The fraction of sp³-hybridized carbons (Fsp3) is 0. The average molecular weight is 178 g/mol. The van der Waals surface area contributed by atoms with Gasteiger partial charge in [0.15, 0.2) is 0 Å². The lowest BCUT2D eigenvalue weighted by Crippen LogP contribution is -2.10. The Morgan fingerprint density at radius 1 is 1.12 bits per heavy atom. The molecule has 8 heavy (non-hydrogen) atoms. The maximum atomic E-state index is 9.74. The molecular weight excluding hydrogens is 176 g/mol. The largest absolute Gasteiger partial charge is 0.372 e. The predicted octanol–water partition coefficient (Wildman–Crippen LogP) is -0.991. The summed E-state index contributed by atoms with van der Waals surface area (Å²) in [6.45, 7) is 0. The Kier molecular flexibility index (Phi) is 1.94. The smallest absolute Gasteiger partial charge is 0.292 e. The lowest BCUT2D eigenvalue weighted by molar-refractivity contribution is 0.487. The van der Waals surface area contributed by atoms with Crippen molar-refractivity contribution in [2.75, 3.05) is 0 Å². The van der Waals surface area contributed by atoms with Crippen molar-refractivity contribution in [2.24, 2.45) is 0 Å². The quantitative estimate of drug-likeness (QED) is 0.395. The van der Waals surface area contributed by atoms with Gasteiger partial charge in [-0.15, -0.1) is 0 Å². The summed E-state index contributed by atoms with van der Waals surface area (Å²) in [6, 6.07) is 0. The highest BCUT2D eigenvalue weighted by Crippen LogP contribution is 1.92. The Labute approximate surface area is 50.4 Å². The molecule has 1 unspecified atom stereocenters. The van der Waals surface area contributed by atoms with Gasteiger partial charge in [0.25, 0.3) is 7.80 Å². The summed E-state index contributed by atoms with van der Waals surface area (Å²) in [5.74, 6) is 0. The van der Waals surface area contributed by atoms with Crippen molar-refractivity contribution in [3.63, 3.8) is 0 Å². The first-order valence-electron chi connectivity index (χ1n) is 1.20. The van der Waals surface area contributed by atoms with Crippen LogP contribution in [0.4, 0.5) is 0 Å². The fourth-order valence-corrected chi connectivity index (χ4v) is 0. The summed E-state index contributed by atoms with van der Waals surface area (Å²) in [6.07, 6.45) is 0. The van der Waals surface area contributed by atoms with Gasteiger partial charge >= 0.3 is 9.15 Å². The van der Waals surface area contributed by atoms with Crippen molar-refractivity contribution < 1.29 is 21.7 Å². The molecule has 5 nitrogen and oxygen atoms in total. The normalized spacial score (nSPS) is 19.8. The third kappa shape index (κ3) is 2.01. The molecule has 0 aromatic rings. The van der Waals surface area contributed by atoms with E-state index in [1.165, 1.54) is 0 Å². The van der Waals surface area contributed by atoms with E-state index >= 15 is 0 Å². The molecule has 0 rings (SSSR count). The van der Waals surface area contributed by atoms with Crippen molar-refractivity contribution in [1.29, 1.82) is 0 Å². The molecule has 0 aromatic carbocycles.